The molecule has 1 N–H and O–H groups in total. The van der Waals surface area contributed by atoms with Gasteiger partial charge in [0.1, 0.15) is 0 Å². The molecular weight excluding hydrogens is 260 g/mol. The molecule has 2 heterocycles. The first-order chi connectivity index (χ1) is 9.29. The summed E-state index contributed by atoms with van der Waals surface area (Å²) in [4.78, 5) is 14.6. The van der Waals surface area contributed by atoms with E-state index in [4.69, 9.17) is 0 Å². The van der Waals surface area contributed by atoms with Gasteiger partial charge in [0.2, 0.25) is 10.1 Å². The van der Waals surface area contributed by atoms with Gasteiger partial charge in [0.05, 0.1) is 0 Å². The second-order valence-corrected chi connectivity index (χ2v) is 6.39. The van der Waals surface area contributed by atoms with Gasteiger partial charge in [-0.25, -0.2) is 0 Å². The number of aromatic nitrogens is 2. The molecule has 1 aliphatic carbocycles. The number of rotatable bonds is 3. The van der Waals surface area contributed by atoms with Crippen molar-refractivity contribution in [2.75, 3.05) is 18.9 Å². The maximum atomic E-state index is 12.5. The van der Waals surface area contributed by atoms with Crippen LogP contribution in [0.1, 0.15) is 48.3 Å². The first kappa shape index (κ1) is 12.8. The molecule has 2 fully saturated rings. The van der Waals surface area contributed by atoms with Crippen LogP contribution in [0.15, 0.2) is 0 Å². The highest BCUT2D eigenvalue weighted by Crippen LogP contribution is 2.36. The Labute approximate surface area is 117 Å². The predicted molar refractivity (Wildman–Crippen MR) is 75.5 cm³/mol. The average molecular weight is 280 g/mol. The van der Waals surface area contributed by atoms with Crippen LogP contribution < -0.4 is 5.32 Å². The van der Waals surface area contributed by atoms with Gasteiger partial charge in [-0.05, 0) is 31.6 Å². The summed E-state index contributed by atoms with van der Waals surface area (Å²) in [6.45, 7) is 0.883. The molecule has 104 valence electrons. The van der Waals surface area contributed by atoms with E-state index in [0.717, 1.165) is 19.4 Å². The highest BCUT2D eigenvalue weighted by molar-refractivity contribution is 7.17. The van der Waals surface area contributed by atoms with Gasteiger partial charge < -0.3 is 10.2 Å². The molecule has 0 bridgehead atoms. The Morgan fingerprint density at radius 1 is 1.26 bits per heavy atom. The SMILES string of the molecule is CNc1nnc(C(=O)N2CCCC2C2CCCC2)s1. The van der Waals surface area contributed by atoms with E-state index in [1.54, 1.807) is 7.05 Å². The Morgan fingerprint density at radius 3 is 2.74 bits per heavy atom. The number of nitrogens with one attached hydrogen (secondary N) is 1. The summed E-state index contributed by atoms with van der Waals surface area (Å²) in [7, 11) is 1.80. The summed E-state index contributed by atoms with van der Waals surface area (Å²) in [5.41, 5.74) is 0. The Morgan fingerprint density at radius 2 is 2.05 bits per heavy atom. The fourth-order valence-corrected chi connectivity index (χ4v) is 4.06. The molecule has 0 spiro atoms. The van der Waals surface area contributed by atoms with Gasteiger partial charge in [0.25, 0.3) is 5.91 Å². The average Bonchev–Trinajstić information content (AvgIpc) is 3.16. The molecule has 1 saturated heterocycles. The molecule has 19 heavy (non-hydrogen) atoms. The van der Waals surface area contributed by atoms with E-state index < -0.39 is 0 Å². The summed E-state index contributed by atoms with van der Waals surface area (Å²) in [6.07, 6.45) is 7.51. The van der Waals surface area contributed by atoms with E-state index in [1.807, 2.05) is 0 Å². The molecular formula is C13H20N4OS. The maximum absolute atomic E-state index is 12.5. The van der Waals surface area contributed by atoms with Crippen LogP contribution in [0, 0.1) is 5.92 Å². The molecule has 1 aromatic rings. The summed E-state index contributed by atoms with van der Waals surface area (Å²) in [6, 6.07) is 0.442. The standard InChI is InChI=1S/C13H20N4OS/c1-14-13-16-15-11(19-13)12(18)17-8-4-7-10(17)9-5-2-3-6-9/h9-10H,2-8H2,1H3,(H,14,16). The maximum Gasteiger partial charge on any atom is 0.285 e. The lowest BCUT2D eigenvalue weighted by Gasteiger charge is -2.28. The molecule has 5 nitrogen and oxygen atoms in total. The van der Waals surface area contributed by atoms with Crippen LogP contribution in [0.5, 0.6) is 0 Å². The van der Waals surface area contributed by atoms with Crippen molar-refractivity contribution in [3.63, 3.8) is 0 Å². The number of amides is 1. The highest BCUT2D eigenvalue weighted by Gasteiger charge is 2.37. The zero-order valence-corrected chi connectivity index (χ0v) is 12.1. The lowest BCUT2D eigenvalue weighted by Crippen LogP contribution is -2.39. The van der Waals surface area contributed by atoms with Crippen molar-refractivity contribution in [2.45, 2.75) is 44.6 Å². The number of carbonyl (C=O) groups excluding carboxylic acids is 1. The first-order valence-electron chi connectivity index (χ1n) is 7.12. The molecule has 0 aromatic carbocycles. The Hall–Kier alpha value is -1.17. The van der Waals surface area contributed by atoms with E-state index in [1.165, 1.54) is 37.0 Å². The van der Waals surface area contributed by atoms with Crippen molar-refractivity contribution in [2.24, 2.45) is 5.92 Å². The number of likely N-dealkylation sites (tertiary alicyclic amines) is 1. The molecule has 1 atom stereocenters. The molecule has 1 unspecified atom stereocenters. The predicted octanol–water partition coefficient (Wildman–Crippen LogP) is 2.37. The third-order valence-electron chi connectivity index (χ3n) is 4.33. The van der Waals surface area contributed by atoms with Crippen LogP contribution in [-0.2, 0) is 0 Å². The summed E-state index contributed by atoms with van der Waals surface area (Å²) in [5, 5.41) is 12.1. The Balaban J connectivity index is 1.74. The summed E-state index contributed by atoms with van der Waals surface area (Å²) in [5.74, 6) is 0.788. The van der Waals surface area contributed by atoms with Gasteiger partial charge in [-0.2, -0.15) is 0 Å². The third-order valence-corrected chi connectivity index (χ3v) is 5.25. The van der Waals surface area contributed by atoms with E-state index in [2.05, 4.69) is 20.4 Å². The van der Waals surface area contributed by atoms with Crippen molar-refractivity contribution >= 4 is 22.4 Å². The van der Waals surface area contributed by atoms with Crippen LogP contribution in [-0.4, -0.2) is 40.6 Å². The number of hydrogen-bond acceptors (Lipinski definition) is 5. The van der Waals surface area contributed by atoms with Crippen molar-refractivity contribution < 1.29 is 4.79 Å². The zero-order chi connectivity index (χ0) is 13.2. The first-order valence-corrected chi connectivity index (χ1v) is 7.93. The number of anilines is 1. The smallest absolute Gasteiger partial charge is 0.285 e. The van der Waals surface area contributed by atoms with Crippen molar-refractivity contribution in [3.8, 4) is 0 Å². The van der Waals surface area contributed by atoms with Gasteiger partial charge in [-0.1, -0.05) is 24.2 Å². The molecule has 3 rings (SSSR count). The van der Waals surface area contributed by atoms with E-state index in [9.17, 15) is 4.79 Å². The molecule has 1 saturated carbocycles. The third kappa shape index (κ3) is 2.45. The molecule has 1 aliphatic heterocycles. The number of nitrogens with zero attached hydrogens (tertiary/aromatic N) is 3. The van der Waals surface area contributed by atoms with Crippen LogP contribution >= 0.6 is 11.3 Å². The van der Waals surface area contributed by atoms with Gasteiger partial charge in [-0.15, -0.1) is 10.2 Å². The second kappa shape index (κ2) is 5.45. The molecule has 1 aromatic heterocycles. The fraction of sp³-hybridized carbons (Fsp3) is 0.769. The van der Waals surface area contributed by atoms with Gasteiger partial charge >= 0.3 is 0 Å². The minimum atomic E-state index is 0.0772. The Kier molecular flexibility index (Phi) is 3.68. The van der Waals surface area contributed by atoms with Crippen LogP contribution in [0.4, 0.5) is 5.13 Å². The van der Waals surface area contributed by atoms with E-state index in [0.29, 0.717) is 22.1 Å². The van der Waals surface area contributed by atoms with Gasteiger partial charge in [0.15, 0.2) is 0 Å². The second-order valence-electron chi connectivity index (χ2n) is 5.42. The largest absolute Gasteiger partial charge is 0.363 e. The van der Waals surface area contributed by atoms with E-state index in [-0.39, 0.29) is 5.91 Å². The molecule has 2 aliphatic rings. The van der Waals surface area contributed by atoms with E-state index >= 15 is 0 Å². The molecule has 0 radical (unpaired) electrons. The minimum Gasteiger partial charge on any atom is -0.363 e. The van der Waals surface area contributed by atoms with Crippen LogP contribution in [0.2, 0.25) is 0 Å². The topological polar surface area (TPSA) is 58.1 Å². The minimum absolute atomic E-state index is 0.0772. The van der Waals surface area contributed by atoms with Crippen LogP contribution in [0.25, 0.3) is 0 Å². The lowest BCUT2D eigenvalue weighted by atomic mass is 9.96. The molecule has 1 amide bonds. The quantitative estimate of drug-likeness (QED) is 0.923. The highest BCUT2D eigenvalue weighted by atomic mass is 32.1. The van der Waals surface area contributed by atoms with Crippen molar-refractivity contribution in [3.05, 3.63) is 5.01 Å². The van der Waals surface area contributed by atoms with Gasteiger partial charge in [-0.3, -0.25) is 4.79 Å². The van der Waals surface area contributed by atoms with Gasteiger partial charge in [0, 0.05) is 19.6 Å². The van der Waals surface area contributed by atoms with Crippen molar-refractivity contribution in [1.82, 2.24) is 15.1 Å². The Bertz CT molecular complexity index is 455. The number of carbonyl (C=O) groups is 1. The summed E-state index contributed by atoms with van der Waals surface area (Å²) >= 11 is 1.35. The normalized spacial score (nSPS) is 24.1. The molecule has 6 heteroatoms. The van der Waals surface area contributed by atoms with Crippen LogP contribution in [0.3, 0.4) is 0 Å². The monoisotopic (exact) mass is 280 g/mol. The van der Waals surface area contributed by atoms with Crippen molar-refractivity contribution in [1.29, 1.82) is 0 Å². The zero-order valence-electron chi connectivity index (χ0n) is 11.3. The lowest BCUT2D eigenvalue weighted by molar-refractivity contribution is 0.0688. The fourth-order valence-electron chi connectivity index (χ4n) is 3.41. The number of hydrogen-bond donors (Lipinski definition) is 1. The summed E-state index contributed by atoms with van der Waals surface area (Å²) < 4.78 is 0.